The summed E-state index contributed by atoms with van der Waals surface area (Å²) in [5, 5.41) is 4.49. The molecule has 2 aromatic heterocycles. The summed E-state index contributed by atoms with van der Waals surface area (Å²) in [7, 11) is -3.98. The van der Waals surface area contributed by atoms with Gasteiger partial charge in [0.2, 0.25) is 9.84 Å². The van der Waals surface area contributed by atoms with Crippen LogP contribution in [-0.2, 0) is 9.84 Å². The third-order valence-electron chi connectivity index (χ3n) is 5.40. The van der Waals surface area contributed by atoms with Crippen LogP contribution in [0.25, 0.3) is 22.2 Å². The largest absolute Gasteiger partial charge is 0.382 e. The highest BCUT2D eigenvalue weighted by Crippen LogP contribution is 2.35. The van der Waals surface area contributed by atoms with Crippen LogP contribution in [-0.4, -0.2) is 29.3 Å². The molecule has 5 aromatic rings. The number of rotatable bonds is 4. The molecule has 8 heteroatoms. The van der Waals surface area contributed by atoms with Crippen LogP contribution in [0.1, 0.15) is 16.7 Å². The van der Waals surface area contributed by atoms with Crippen LogP contribution >= 0.6 is 0 Å². The second-order valence-corrected chi connectivity index (χ2v) is 9.77. The van der Waals surface area contributed by atoms with Gasteiger partial charge in [0.25, 0.3) is 0 Å². The highest BCUT2D eigenvalue weighted by Gasteiger charge is 2.30. The van der Waals surface area contributed by atoms with Gasteiger partial charge in [-0.25, -0.2) is 18.4 Å². The van der Waals surface area contributed by atoms with E-state index in [0.29, 0.717) is 11.0 Å². The van der Waals surface area contributed by atoms with Gasteiger partial charge in [-0.3, -0.25) is 0 Å². The van der Waals surface area contributed by atoms with E-state index in [1.807, 2.05) is 62.4 Å². The molecule has 7 nitrogen and oxygen atoms in total. The first kappa shape index (κ1) is 20.8. The molecule has 0 radical (unpaired) electrons. The number of fused-ring (bicyclic) bond motifs is 2. The Morgan fingerprint density at radius 2 is 1.58 bits per heavy atom. The summed E-state index contributed by atoms with van der Waals surface area (Å²) in [4.78, 5) is 9.33. The molecule has 5 rings (SSSR count). The second kappa shape index (κ2) is 7.83. The topological polar surface area (TPSA) is 103 Å². The molecule has 0 saturated carbocycles. The average Bonchev–Trinajstić information content (AvgIpc) is 3.08. The molecule has 0 aliphatic rings. The Labute approximate surface area is 191 Å². The lowest BCUT2D eigenvalue weighted by Gasteiger charge is -2.06. The zero-order valence-corrected chi connectivity index (χ0v) is 18.9. The molecule has 0 spiro atoms. The number of hydrogen-bond donors (Lipinski definition) is 1. The predicted octanol–water partition coefficient (Wildman–Crippen LogP) is 4.50. The van der Waals surface area contributed by atoms with E-state index in [-0.39, 0.29) is 26.8 Å². The number of anilines is 1. The summed E-state index contributed by atoms with van der Waals surface area (Å²) in [6.45, 7) is 3.84. The smallest absolute Gasteiger partial charge is 0.212 e. The lowest BCUT2D eigenvalue weighted by atomic mass is 10.2. The van der Waals surface area contributed by atoms with Gasteiger partial charge in [0.05, 0.1) is 22.1 Å². The SMILES string of the molecule is Cc1ccc(C=Nn2c(N)c(S(=O)(=O)c3cccc(C)c3)c3nc4ccccc4nc32)cc1. The molecule has 0 aliphatic carbocycles. The molecular weight excluding hydrogens is 434 g/mol. The highest BCUT2D eigenvalue weighted by atomic mass is 32.2. The summed E-state index contributed by atoms with van der Waals surface area (Å²) in [5.74, 6) is -0.0369. The Morgan fingerprint density at radius 3 is 2.27 bits per heavy atom. The quantitative estimate of drug-likeness (QED) is 0.402. The Bertz CT molecular complexity index is 1650. The molecule has 0 saturated heterocycles. The molecule has 164 valence electrons. The summed E-state index contributed by atoms with van der Waals surface area (Å²) < 4.78 is 28.7. The van der Waals surface area contributed by atoms with Crippen molar-refractivity contribution in [3.63, 3.8) is 0 Å². The lowest BCUT2D eigenvalue weighted by Crippen LogP contribution is -2.07. The molecule has 2 heterocycles. The maximum Gasteiger partial charge on any atom is 0.212 e. The maximum atomic E-state index is 13.7. The van der Waals surface area contributed by atoms with Crippen LogP contribution in [0, 0.1) is 13.8 Å². The maximum absolute atomic E-state index is 13.7. The number of nitrogen functional groups attached to an aromatic ring is 1. The van der Waals surface area contributed by atoms with Gasteiger partial charge in [-0.05, 0) is 49.2 Å². The number of nitrogens with zero attached hydrogens (tertiary/aromatic N) is 4. The number of para-hydroxylation sites is 2. The van der Waals surface area contributed by atoms with Gasteiger partial charge in [0.15, 0.2) is 5.65 Å². The zero-order chi connectivity index (χ0) is 23.2. The molecule has 0 amide bonds. The molecule has 0 bridgehead atoms. The van der Waals surface area contributed by atoms with E-state index in [1.54, 1.807) is 30.5 Å². The molecule has 33 heavy (non-hydrogen) atoms. The number of sulfone groups is 1. The van der Waals surface area contributed by atoms with Gasteiger partial charge in [0.1, 0.15) is 16.2 Å². The van der Waals surface area contributed by atoms with Crippen molar-refractivity contribution in [1.82, 2.24) is 14.6 Å². The Balaban J connectivity index is 1.79. The zero-order valence-electron chi connectivity index (χ0n) is 18.1. The number of hydrogen-bond acceptors (Lipinski definition) is 6. The molecule has 3 aromatic carbocycles. The van der Waals surface area contributed by atoms with Crippen molar-refractivity contribution < 1.29 is 8.42 Å². The fraction of sp³-hybridized carbons (Fsp3) is 0.0800. The first-order valence-corrected chi connectivity index (χ1v) is 11.8. The molecular formula is C25H21N5O2S. The van der Waals surface area contributed by atoms with Crippen molar-refractivity contribution in [3.8, 4) is 0 Å². The molecule has 0 aliphatic heterocycles. The molecule has 0 fully saturated rings. The van der Waals surface area contributed by atoms with Crippen LogP contribution in [0.2, 0.25) is 0 Å². The fourth-order valence-electron chi connectivity index (χ4n) is 3.68. The van der Waals surface area contributed by atoms with Crippen LogP contribution in [0.4, 0.5) is 5.82 Å². The Morgan fingerprint density at radius 1 is 0.879 bits per heavy atom. The van der Waals surface area contributed by atoms with E-state index < -0.39 is 9.84 Å². The van der Waals surface area contributed by atoms with Crippen LogP contribution in [0.5, 0.6) is 0 Å². The second-order valence-electron chi connectivity index (χ2n) is 7.89. The van der Waals surface area contributed by atoms with Crippen LogP contribution in [0.15, 0.2) is 87.7 Å². The first-order valence-electron chi connectivity index (χ1n) is 10.3. The fourth-order valence-corrected chi connectivity index (χ4v) is 5.27. The van der Waals surface area contributed by atoms with Crippen molar-refractivity contribution in [2.75, 3.05) is 5.73 Å². The third kappa shape index (κ3) is 3.64. The van der Waals surface area contributed by atoms with Gasteiger partial charge in [-0.2, -0.15) is 9.78 Å². The Kier molecular flexibility index (Phi) is 4.94. The predicted molar refractivity (Wildman–Crippen MR) is 130 cm³/mol. The van der Waals surface area contributed by atoms with Crippen LogP contribution in [0.3, 0.4) is 0 Å². The summed E-state index contributed by atoms with van der Waals surface area (Å²) in [6, 6.07) is 21.8. The first-order chi connectivity index (χ1) is 15.8. The average molecular weight is 456 g/mol. The van der Waals surface area contributed by atoms with E-state index in [2.05, 4.69) is 15.1 Å². The van der Waals surface area contributed by atoms with E-state index >= 15 is 0 Å². The van der Waals surface area contributed by atoms with Crippen molar-refractivity contribution >= 4 is 44.1 Å². The summed E-state index contributed by atoms with van der Waals surface area (Å²) >= 11 is 0. The molecule has 2 N–H and O–H groups in total. The molecule has 0 unspecified atom stereocenters. The summed E-state index contributed by atoms with van der Waals surface area (Å²) in [5.41, 5.74) is 10.9. The highest BCUT2D eigenvalue weighted by molar-refractivity contribution is 7.92. The van der Waals surface area contributed by atoms with Gasteiger partial charge in [-0.15, -0.1) is 0 Å². The van der Waals surface area contributed by atoms with Crippen molar-refractivity contribution in [2.24, 2.45) is 5.10 Å². The minimum absolute atomic E-state index is 0.0369. The van der Waals surface area contributed by atoms with Gasteiger partial charge in [0, 0.05) is 0 Å². The van der Waals surface area contributed by atoms with E-state index in [0.717, 1.165) is 16.7 Å². The number of nitrogens with two attached hydrogens (primary N) is 1. The van der Waals surface area contributed by atoms with E-state index in [9.17, 15) is 8.42 Å². The van der Waals surface area contributed by atoms with Gasteiger partial charge in [-0.1, -0.05) is 54.1 Å². The minimum Gasteiger partial charge on any atom is -0.382 e. The normalized spacial score (nSPS) is 12.2. The number of aromatic nitrogens is 3. The van der Waals surface area contributed by atoms with Crippen molar-refractivity contribution in [1.29, 1.82) is 0 Å². The van der Waals surface area contributed by atoms with Crippen molar-refractivity contribution in [3.05, 3.63) is 89.5 Å². The minimum atomic E-state index is -3.98. The number of benzene rings is 3. The standard InChI is InChI=1S/C25H21N5O2S/c1-16-10-12-18(13-11-16)15-27-30-24(26)23(33(31,32)19-7-5-6-17(2)14-19)22-25(30)29-21-9-4-3-8-20(21)28-22/h3-15H,26H2,1-2H3. The molecule has 0 atom stereocenters. The van der Waals surface area contributed by atoms with Crippen molar-refractivity contribution in [2.45, 2.75) is 23.6 Å². The monoisotopic (exact) mass is 455 g/mol. The summed E-state index contributed by atoms with van der Waals surface area (Å²) in [6.07, 6.45) is 1.62. The van der Waals surface area contributed by atoms with Crippen LogP contribution < -0.4 is 5.73 Å². The third-order valence-corrected chi connectivity index (χ3v) is 7.21. The number of aryl methyl sites for hydroxylation is 2. The lowest BCUT2D eigenvalue weighted by molar-refractivity contribution is 0.597. The van der Waals surface area contributed by atoms with E-state index in [4.69, 9.17) is 5.73 Å². The van der Waals surface area contributed by atoms with Gasteiger partial charge < -0.3 is 5.73 Å². The Hall–Kier alpha value is -4.04. The van der Waals surface area contributed by atoms with Gasteiger partial charge >= 0.3 is 0 Å². The van der Waals surface area contributed by atoms with E-state index in [1.165, 1.54) is 4.68 Å².